The van der Waals surface area contributed by atoms with Crippen molar-refractivity contribution in [1.82, 2.24) is 0 Å². The van der Waals surface area contributed by atoms with Gasteiger partial charge in [-0.3, -0.25) is 14.1 Å². The fourth-order valence-corrected chi connectivity index (χ4v) is 2.83. The molecular formula is C18H34O9S. The third-order valence-corrected chi connectivity index (χ3v) is 4.80. The number of hydrogen-bond donors (Lipinski definition) is 3. The number of carbonyl (C=O) groups is 2. The van der Waals surface area contributed by atoms with Crippen LogP contribution in [0.3, 0.4) is 0 Å². The zero-order valence-electron chi connectivity index (χ0n) is 16.5. The molecule has 10 heteroatoms. The van der Waals surface area contributed by atoms with Crippen LogP contribution in [0.1, 0.15) is 77.6 Å². The molecule has 166 valence electrons. The Morgan fingerprint density at radius 1 is 0.964 bits per heavy atom. The molecule has 3 N–H and O–H groups in total. The smallest absolute Gasteiger partial charge is 0.325 e. The highest BCUT2D eigenvalue weighted by Crippen LogP contribution is 2.10. The van der Waals surface area contributed by atoms with E-state index in [4.69, 9.17) is 19.7 Å². The molecule has 0 aliphatic carbocycles. The van der Waals surface area contributed by atoms with Gasteiger partial charge in [-0.15, -0.1) is 0 Å². The maximum absolute atomic E-state index is 10.2. The first-order valence-corrected chi connectivity index (χ1v) is 11.0. The van der Waals surface area contributed by atoms with Gasteiger partial charge in [0.15, 0.2) is 5.25 Å². The number of rotatable bonds is 17. The number of aliphatic carboxylic acids is 2. The van der Waals surface area contributed by atoms with Gasteiger partial charge in [0.05, 0.1) is 13.0 Å². The van der Waals surface area contributed by atoms with E-state index in [-0.39, 0.29) is 0 Å². The Hall–Kier alpha value is -1.65. The van der Waals surface area contributed by atoms with Crippen molar-refractivity contribution < 1.29 is 42.5 Å². The second kappa shape index (κ2) is 18.7. The van der Waals surface area contributed by atoms with Crippen molar-refractivity contribution in [2.45, 2.75) is 82.8 Å². The van der Waals surface area contributed by atoms with Crippen LogP contribution in [-0.4, -0.2) is 47.0 Å². The summed E-state index contributed by atoms with van der Waals surface area (Å²) in [7, 11) is -4.84. The van der Waals surface area contributed by atoms with Crippen molar-refractivity contribution in [3.63, 3.8) is 0 Å². The van der Waals surface area contributed by atoms with Crippen LogP contribution in [0.2, 0.25) is 0 Å². The Bertz CT molecular complexity index is 517. The van der Waals surface area contributed by atoms with Crippen LogP contribution < -0.4 is 0 Å². The Balaban J connectivity index is 0. The average Bonchev–Trinajstić information content (AvgIpc) is 2.60. The minimum atomic E-state index is -4.84. The van der Waals surface area contributed by atoms with E-state index in [2.05, 4.69) is 18.4 Å². The number of carboxylic acid groups (broad SMARTS) is 2. The monoisotopic (exact) mass is 426 g/mol. The van der Waals surface area contributed by atoms with Crippen molar-refractivity contribution in [2.24, 2.45) is 0 Å². The van der Waals surface area contributed by atoms with Crippen LogP contribution in [0.5, 0.6) is 0 Å². The molecule has 1 atom stereocenters. The van der Waals surface area contributed by atoms with Crippen LogP contribution in [0.25, 0.3) is 0 Å². The molecular weight excluding hydrogens is 392 g/mol. The predicted octanol–water partition coefficient (Wildman–Crippen LogP) is 3.80. The van der Waals surface area contributed by atoms with Gasteiger partial charge in [0.1, 0.15) is 6.26 Å². The summed E-state index contributed by atoms with van der Waals surface area (Å²) in [5, 5.41) is 13.9. The molecule has 9 nitrogen and oxygen atoms in total. The fraction of sp³-hybridized carbons (Fsp3) is 0.778. The second-order valence-electron chi connectivity index (χ2n) is 6.21. The maximum Gasteiger partial charge on any atom is 0.325 e. The van der Waals surface area contributed by atoms with Gasteiger partial charge >= 0.3 is 11.9 Å². The quantitative estimate of drug-likeness (QED) is 0.104. The van der Waals surface area contributed by atoms with Gasteiger partial charge in [-0.25, -0.2) is 0 Å². The average molecular weight is 427 g/mol. The normalized spacial score (nSPS) is 11.8. The van der Waals surface area contributed by atoms with Gasteiger partial charge in [0, 0.05) is 0 Å². The highest BCUT2D eigenvalue weighted by atomic mass is 32.2. The number of hydrogen-bond acceptors (Lipinski definition) is 6. The third kappa shape index (κ3) is 20.7. The van der Waals surface area contributed by atoms with E-state index >= 15 is 0 Å². The van der Waals surface area contributed by atoms with Crippen molar-refractivity contribution in [3.05, 3.63) is 12.8 Å². The van der Waals surface area contributed by atoms with Crippen LogP contribution in [0.15, 0.2) is 12.8 Å². The fourth-order valence-electron chi connectivity index (χ4n) is 2.22. The molecule has 0 spiro atoms. The largest absolute Gasteiger partial charge is 0.481 e. The van der Waals surface area contributed by atoms with E-state index < -0.39 is 33.7 Å². The molecule has 0 radical (unpaired) electrons. The molecule has 0 amide bonds. The van der Waals surface area contributed by atoms with Gasteiger partial charge in [0.25, 0.3) is 10.1 Å². The molecule has 0 aliphatic rings. The summed E-state index contributed by atoms with van der Waals surface area (Å²) in [6.07, 6.45) is 13.6. The Labute approximate surface area is 167 Å². The molecule has 0 bridgehead atoms. The number of unbranched alkanes of at least 4 members (excludes halogenated alkanes) is 9. The topological polar surface area (TPSA) is 147 Å². The van der Waals surface area contributed by atoms with Gasteiger partial charge in [0.2, 0.25) is 0 Å². The van der Waals surface area contributed by atoms with Crippen LogP contribution in [0, 0.1) is 0 Å². The van der Waals surface area contributed by atoms with Crippen LogP contribution in [0.4, 0.5) is 0 Å². The lowest BCUT2D eigenvalue weighted by molar-refractivity contribution is -0.248. The van der Waals surface area contributed by atoms with E-state index in [0.29, 0.717) is 6.61 Å². The van der Waals surface area contributed by atoms with Gasteiger partial charge in [-0.1, -0.05) is 71.3 Å². The maximum atomic E-state index is 10.2. The van der Waals surface area contributed by atoms with E-state index in [0.717, 1.165) is 6.42 Å². The van der Waals surface area contributed by atoms with E-state index in [1.807, 2.05) is 0 Å². The number of carboxylic acids is 2. The molecule has 0 aromatic rings. The standard InChI is InChI=1S/C14H28O2.C4H6O7S/c1-3-5-6-7-8-9-10-11-12-13-14-16-15-4-2;5-3(6)1-2(4(7)8)12(9,10)11/h4H,2-3,5-14H2,1H3;2H,1H2,(H,5,6)(H,7,8)(H,9,10,11). The van der Waals surface area contributed by atoms with Crippen molar-refractivity contribution >= 4 is 22.1 Å². The zero-order valence-corrected chi connectivity index (χ0v) is 17.4. The summed E-state index contributed by atoms with van der Waals surface area (Å²) >= 11 is 0. The first kappa shape index (κ1) is 28.6. The third-order valence-electron chi connectivity index (χ3n) is 3.71. The molecule has 28 heavy (non-hydrogen) atoms. The lowest BCUT2D eigenvalue weighted by Crippen LogP contribution is -2.31. The van der Waals surface area contributed by atoms with E-state index in [9.17, 15) is 18.0 Å². The van der Waals surface area contributed by atoms with E-state index in [1.165, 1.54) is 64.0 Å². The van der Waals surface area contributed by atoms with Gasteiger partial charge < -0.3 is 15.1 Å². The van der Waals surface area contributed by atoms with Crippen LogP contribution in [-0.2, 0) is 29.5 Å². The SMILES string of the molecule is C=COOCCCCCCCCCCCC.O=C(O)CC(C(=O)O)S(=O)(=O)O. The minimum absolute atomic E-state index is 0.683. The molecule has 0 saturated heterocycles. The molecule has 0 rings (SSSR count). The Kier molecular flexibility index (Phi) is 19.1. The van der Waals surface area contributed by atoms with Crippen LogP contribution >= 0.6 is 0 Å². The molecule has 0 fully saturated rings. The molecule has 0 aromatic heterocycles. The summed E-state index contributed by atoms with van der Waals surface area (Å²) in [5.74, 6) is -3.50. The minimum Gasteiger partial charge on any atom is -0.481 e. The molecule has 0 aromatic carbocycles. The molecule has 0 aliphatic heterocycles. The van der Waals surface area contributed by atoms with Gasteiger partial charge in [-0.2, -0.15) is 13.3 Å². The molecule has 0 saturated carbocycles. The highest BCUT2D eigenvalue weighted by molar-refractivity contribution is 7.87. The zero-order chi connectivity index (χ0) is 21.8. The first-order chi connectivity index (χ1) is 13.2. The van der Waals surface area contributed by atoms with E-state index in [1.54, 1.807) is 0 Å². The summed E-state index contributed by atoms with van der Waals surface area (Å²) in [6.45, 7) is 6.35. The second-order valence-corrected chi connectivity index (χ2v) is 7.81. The first-order valence-electron chi connectivity index (χ1n) is 9.46. The Morgan fingerprint density at radius 3 is 1.75 bits per heavy atom. The molecule has 1 unspecified atom stereocenters. The predicted molar refractivity (Wildman–Crippen MR) is 104 cm³/mol. The van der Waals surface area contributed by atoms with Crippen molar-refractivity contribution in [1.29, 1.82) is 0 Å². The lowest BCUT2D eigenvalue weighted by atomic mass is 10.1. The highest BCUT2D eigenvalue weighted by Gasteiger charge is 2.33. The lowest BCUT2D eigenvalue weighted by Gasteiger charge is -2.04. The Morgan fingerprint density at radius 2 is 1.43 bits per heavy atom. The van der Waals surface area contributed by atoms with Gasteiger partial charge in [-0.05, 0) is 6.42 Å². The summed E-state index contributed by atoms with van der Waals surface area (Å²) in [4.78, 5) is 29.4. The summed E-state index contributed by atoms with van der Waals surface area (Å²) < 4.78 is 28.7. The summed E-state index contributed by atoms with van der Waals surface area (Å²) in [6, 6.07) is 0. The van der Waals surface area contributed by atoms with Crippen molar-refractivity contribution in [2.75, 3.05) is 6.61 Å². The van der Waals surface area contributed by atoms with Crippen molar-refractivity contribution in [3.8, 4) is 0 Å². The summed E-state index contributed by atoms with van der Waals surface area (Å²) in [5.41, 5.74) is 0. The molecule has 0 heterocycles.